The van der Waals surface area contributed by atoms with Crippen LogP contribution in [0.4, 0.5) is 15.6 Å². The fraction of sp³-hybridized carbons (Fsp3) is 0. The lowest BCUT2D eigenvalue weighted by atomic mass is 10.2. The van der Waals surface area contributed by atoms with E-state index in [2.05, 4.69) is 38.2 Å². The lowest BCUT2D eigenvalue weighted by Gasteiger charge is -2.04. The molecule has 0 spiro atoms. The van der Waals surface area contributed by atoms with Crippen LogP contribution >= 0.6 is 33.9 Å². The van der Waals surface area contributed by atoms with Gasteiger partial charge < -0.3 is 5.32 Å². The topological polar surface area (TPSA) is 54.0 Å². The second-order valence-electron chi connectivity index (χ2n) is 4.49. The third-order valence-electron chi connectivity index (χ3n) is 2.90. The van der Waals surface area contributed by atoms with E-state index in [4.69, 9.17) is 0 Å². The highest BCUT2D eigenvalue weighted by Crippen LogP contribution is 2.25. The minimum atomic E-state index is -0.297. The van der Waals surface area contributed by atoms with Gasteiger partial charge in [0.25, 0.3) is 0 Å². The molecule has 2 N–H and O–H groups in total. The van der Waals surface area contributed by atoms with Crippen LogP contribution in [-0.4, -0.2) is 11.0 Å². The third-order valence-corrected chi connectivity index (χ3v) is 4.37. The molecule has 4 nitrogen and oxygen atoms in total. The Balaban J connectivity index is 1.66. The van der Waals surface area contributed by atoms with Crippen LogP contribution in [-0.2, 0) is 0 Å². The molecule has 1 aromatic heterocycles. The summed E-state index contributed by atoms with van der Waals surface area (Å²) in [4.78, 5) is 16.4. The zero-order valence-corrected chi connectivity index (χ0v) is 14.4. The van der Waals surface area contributed by atoms with Crippen LogP contribution in [0.2, 0.25) is 0 Å². The molecular formula is C16H12IN3OS. The Morgan fingerprint density at radius 2 is 1.73 bits per heavy atom. The Bertz CT molecular complexity index is 772. The van der Waals surface area contributed by atoms with E-state index in [1.807, 2.05) is 60.0 Å². The van der Waals surface area contributed by atoms with Gasteiger partial charge in [-0.1, -0.05) is 30.3 Å². The minimum Gasteiger partial charge on any atom is -0.308 e. The van der Waals surface area contributed by atoms with Crippen LogP contribution in [0.3, 0.4) is 0 Å². The number of rotatable bonds is 3. The summed E-state index contributed by atoms with van der Waals surface area (Å²) in [5.74, 6) is 0. The molecule has 0 saturated heterocycles. The fourth-order valence-corrected chi connectivity index (χ4v) is 2.94. The lowest BCUT2D eigenvalue weighted by Crippen LogP contribution is -2.19. The van der Waals surface area contributed by atoms with E-state index in [1.54, 1.807) is 0 Å². The normalized spacial score (nSPS) is 10.2. The molecule has 0 saturated carbocycles. The number of aromatic nitrogens is 1. The maximum absolute atomic E-state index is 11.9. The standard InChI is InChI=1S/C16H12IN3OS/c17-12-8-6-11(7-9-12)14-10-22-16(19-14)20-15(21)18-13-4-2-1-3-5-13/h1-10H,(H2,18,19,20,21). The number of nitrogens with one attached hydrogen (secondary N) is 2. The van der Waals surface area contributed by atoms with Gasteiger partial charge in [0.1, 0.15) is 0 Å². The van der Waals surface area contributed by atoms with E-state index in [0.29, 0.717) is 5.13 Å². The molecule has 0 aliphatic carbocycles. The second-order valence-corrected chi connectivity index (χ2v) is 6.59. The number of halogens is 1. The maximum atomic E-state index is 11.9. The number of thiazole rings is 1. The lowest BCUT2D eigenvalue weighted by molar-refractivity contribution is 0.262. The quantitative estimate of drug-likeness (QED) is 0.581. The average Bonchev–Trinajstić information content (AvgIpc) is 2.97. The Morgan fingerprint density at radius 3 is 2.45 bits per heavy atom. The van der Waals surface area contributed by atoms with E-state index >= 15 is 0 Å². The molecule has 0 fully saturated rings. The molecule has 22 heavy (non-hydrogen) atoms. The van der Waals surface area contributed by atoms with Gasteiger partial charge in [-0.2, -0.15) is 0 Å². The van der Waals surface area contributed by atoms with Crippen molar-refractivity contribution in [2.24, 2.45) is 0 Å². The minimum absolute atomic E-state index is 0.297. The monoisotopic (exact) mass is 421 g/mol. The zero-order valence-electron chi connectivity index (χ0n) is 11.4. The van der Waals surface area contributed by atoms with Gasteiger partial charge in [0.15, 0.2) is 5.13 Å². The molecule has 0 bridgehead atoms. The van der Waals surface area contributed by atoms with Gasteiger partial charge in [0.05, 0.1) is 5.69 Å². The smallest absolute Gasteiger partial charge is 0.308 e. The molecule has 2 amide bonds. The summed E-state index contributed by atoms with van der Waals surface area (Å²) in [7, 11) is 0. The molecule has 0 atom stereocenters. The number of urea groups is 1. The van der Waals surface area contributed by atoms with E-state index in [-0.39, 0.29) is 6.03 Å². The Morgan fingerprint density at radius 1 is 1.00 bits per heavy atom. The highest BCUT2D eigenvalue weighted by Gasteiger charge is 2.08. The number of anilines is 2. The van der Waals surface area contributed by atoms with Crippen molar-refractivity contribution < 1.29 is 4.79 Å². The van der Waals surface area contributed by atoms with Crippen LogP contribution in [0, 0.1) is 3.57 Å². The van der Waals surface area contributed by atoms with Crippen molar-refractivity contribution in [2.45, 2.75) is 0 Å². The predicted octanol–water partition coefficient (Wildman–Crippen LogP) is 5.06. The first-order valence-corrected chi connectivity index (χ1v) is 8.51. The molecular weight excluding hydrogens is 409 g/mol. The van der Waals surface area contributed by atoms with Crippen LogP contribution in [0.25, 0.3) is 11.3 Å². The Hall–Kier alpha value is -1.93. The van der Waals surface area contributed by atoms with Crippen molar-refractivity contribution in [3.05, 3.63) is 63.5 Å². The molecule has 0 unspecified atom stereocenters. The summed E-state index contributed by atoms with van der Waals surface area (Å²) < 4.78 is 1.18. The van der Waals surface area contributed by atoms with Crippen molar-refractivity contribution in [3.63, 3.8) is 0 Å². The number of hydrogen-bond acceptors (Lipinski definition) is 3. The first-order chi connectivity index (χ1) is 10.7. The number of amides is 2. The molecule has 6 heteroatoms. The Labute approximate surface area is 145 Å². The molecule has 0 radical (unpaired) electrons. The van der Waals surface area contributed by atoms with Gasteiger partial charge in [0.2, 0.25) is 0 Å². The average molecular weight is 421 g/mol. The summed E-state index contributed by atoms with van der Waals surface area (Å²) in [5.41, 5.74) is 2.64. The molecule has 0 aliphatic heterocycles. The van der Waals surface area contributed by atoms with E-state index in [0.717, 1.165) is 16.9 Å². The Kier molecular flexibility index (Phi) is 4.69. The highest BCUT2D eigenvalue weighted by atomic mass is 127. The number of nitrogens with zero attached hydrogens (tertiary/aromatic N) is 1. The summed E-state index contributed by atoms with van der Waals surface area (Å²) >= 11 is 3.67. The van der Waals surface area contributed by atoms with Crippen molar-refractivity contribution in [3.8, 4) is 11.3 Å². The van der Waals surface area contributed by atoms with Crippen molar-refractivity contribution in [2.75, 3.05) is 10.6 Å². The number of para-hydroxylation sites is 1. The zero-order chi connectivity index (χ0) is 15.4. The largest absolute Gasteiger partial charge is 0.325 e. The SMILES string of the molecule is O=C(Nc1ccccc1)Nc1nc(-c2ccc(I)cc2)cs1. The van der Waals surface area contributed by atoms with Crippen LogP contribution in [0.1, 0.15) is 0 Å². The van der Waals surface area contributed by atoms with Crippen molar-refractivity contribution in [1.82, 2.24) is 4.98 Å². The first kappa shape index (κ1) is 15.0. The molecule has 0 aliphatic rings. The second kappa shape index (κ2) is 6.89. The van der Waals surface area contributed by atoms with Gasteiger partial charge in [-0.25, -0.2) is 9.78 Å². The van der Waals surface area contributed by atoms with Gasteiger partial charge in [-0.3, -0.25) is 5.32 Å². The van der Waals surface area contributed by atoms with Crippen LogP contribution in [0.5, 0.6) is 0 Å². The van der Waals surface area contributed by atoms with Gasteiger partial charge in [-0.05, 0) is 46.9 Å². The molecule has 3 rings (SSSR count). The van der Waals surface area contributed by atoms with Gasteiger partial charge >= 0.3 is 6.03 Å². The molecule has 2 aromatic carbocycles. The molecule has 1 heterocycles. The first-order valence-electron chi connectivity index (χ1n) is 6.55. The number of benzene rings is 2. The summed E-state index contributed by atoms with van der Waals surface area (Å²) in [6.07, 6.45) is 0. The van der Waals surface area contributed by atoms with Gasteiger partial charge in [0, 0.05) is 20.2 Å². The molecule has 3 aromatic rings. The van der Waals surface area contributed by atoms with Crippen LogP contribution < -0.4 is 10.6 Å². The summed E-state index contributed by atoms with van der Waals surface area (Å²) in [6, 6.07) is 17.1. The maximum Gasteiger partial charge on any atom is 0.325 e. The molecule has 110 valence electrons. The van der Waals surface area contributed by atoms with Crippen molar-refractivity contribution in [1.29, 1.82) is 0 Å². The fourth-order valence-electron chi connectivity index (χ4n) is 1.87. The number of carbonyl (C=O) groups is 1. The number of hydrogen-bond donors (Lipinski definition) is 2. The van der Waals surface area contributed by atoms with Crippen LogP contribution in [0.15, 0.2) is 60.0 Å². The summed E-state index contributed by atoms with van der Waals surface area (Å²) in [6.45, 7) is 0. The highest BCUT2D eigenvalue weighted by molar-refractivity contribution is 14.1. The van der Waals surface area contributed by atoms with E-state index < -0.39 is 0 Å². The third kappa shape index (κ3) is 3.83. The number of carbonyl (C=O) groups excluding carboxylic acids is 1. The predicted molar refractivity (Wildman–Crippen MR) is 99.4 cm³/mol. The van der Waals surface area contributed by atoms with Gasteiger partial charge in [-0.15, -0.1) is 11.3 Å². The summed E-state index contributed by atoms with van der Waals surface area (Å²) in [5, 5.41) is 8.01. The van der Waals surface area contributed by atoms with E-state index in [1.165, 1.54) is 14.9 Å². The van der Waals surface area contributed by atoms with E-state index in [9.17, 15) is 4.79 Å². The van der Waals surface area contributed by atoms with Crippen molar-refractivity contribution >= 4 is 50.8 Å².